The van der Waals surface area contributed by atoms with E-state index < -0.39 is 0 Å². The van der Waals surface area contributed by atoms with Crippen molar-refractivity contribution in [2.45, 2.75) is 39.7 Å². The van der Waals surface area contributed by atoms with Crippen LogP contribution < -0.4 is 0 Å². The van der Waals surface area contributed by atoms with Gasteiger partial charge in [0.15, 0.2) is 0 Å². The van der Waals surface area contributed by atoms with E-state index >= 15 is 0 Å². The molecule has 0 aromatic rings. The maximum Gasteiger partial charge on any atom is 0.0598 e. The third-order valence-corrected chi connectivity index (χ3v) is 0.923. The quantitative estimate of drug-likeness (QED) is 0.532. The lowest BCUT2D eigenvalue weighted by atomic mass is 10.2. The molecule has 0 aliphatic carbocycles. The van der Waals surface area contributed by atoms with Gasteiger partial charge in [-0.25, -0.2) is 0 Å². The molecule has 0 aromatic heterocycles. The van der Waals surface area contributed by atoms with Crippen molar-refractivity contribution >= 4 is 0 Å². The topological polar surface area (TPSA) is 9.23 Å². The zero-order valence-corrected chi connectivity index (χ0v) is 6.90. The second kappa shape index (κ2) is 3.89. The molecule has 1 nitrogen and oxygen atoms in total. The molecular formula is C8H17O. The molecule has 0 aliphatic rings. The summed E-state index contributed by atoms with van der Waals surface area (Å²) in [6.45, 7) is 9.09. The predicted octanol–water partition coefficient (Wildman–Crippen LogP) is 2.42. The van der Waals surface area contributed by atoms with E-state index in [1.54, 1.807) is 0 Å². The molecule has 0 saturated heterocycles. The van der Waals surface area contributed by atoms with Crippen LogP contribution in [-0.4, -0.2) is 12.2 Å². The Bertz CT molecular complexity index is 61.5. The Hall–Kier alpha value is -0.0400. The lowest BCUT2D eigenvalue weighted by Gasteiger charge is -2.18. The zero-order chi connectivity index (χ0) is 7.33. The van der Waals surface area contributed by atoms with Crippen LogP contribution in [0.1, 0.15) is 34.1 Å². The van der Waals surface area contributed by atoms with E-state index in [-0.39, 0.29) is 5.60 Å². The fourth-order valence-corrected chi connectivity index (χ4v) is 0.427. The molecule has 0 saturated carbocycles. The van der Waals surface area contributed by atoms with Crippen LogP contribution in [0.25, 0.3) is 0 Å². The first-order chi connectivity index (χ1) is 4.06. The predicted molar refractivity (Wildman–Crippen MR) is 40.3 cm³/mol. The van der Waals surface area contributed by atoms with Crippen LogP contribution in [0.2, 0.25) is 0 Å². The largest absolute Gasteiger partial charge is 0.376 e. The van der Waals surface area contributed by atoms with Gasteiger partial charge in [-0.3, -0.25) is 0 Å². The van der Waals surface area contributed by atoms with Crippen molar-refractivity contribution in [2.75, 3.05) is 6.61 Å². The molecule has 0 aliphatic heterocycles. The lowest BCUT2D eigenvalue weighted by Crippen LogP contribution is -2.19. The van der Waals surface area contributed by atoms with Crippen molar-refractivity contribution in [3.63, 3.8) is 0 Å². The third-order valence-electron chi connectivity index (χ3n) is 0.923. The lowest BCUT2D eigenvalue weighted by molar-refractivity contribution is 0.00897. The summed E-state index contributed by atoms with van der Waals surface area (Å²) in [4.78, 5) is 0. The molecule has 0 atom stereocenters. The molecule has 0 N–H and O–H groups in total. The molecule has 0 aromatic carbocycles. The summed E-state index contributed by atoms with van der Waals surface area (Å²) in [5, 5.41) is 0. The van der Waals surface area contributed by atoms with E-state index in [4.69, 9.17) is 4.74 Å². The van der Waals surface area contributed by atoms with Crippen LogP contribution in [0, 0.1) is 6.42 Å². The SMILES string of the molecule is CC[CH]COC(C)(C)C. The number of hydrogen-bond acceptors (Lipinski definition) is 1. The highest BCUT2D eigenvalue weighted by atomic mass is 16.5. The normalized spacial score (nSPS) is 12.0. The smallest absolute Gasteiger partial charge is 0.0598 e. The minimum Gasteiger partial charge on any atom is -0.376 e. The number of ether oxygens (including phenoxy) is 1. The molecule has 1 heteroatoms. The highest BCUT2D eigenvalue weighted by Crippen LogP contribution is 2.06. The van der Waals surface area contributed by atoms with E-state index in [0.29, 0.717) is 0 Å². The standard InChI is InChI=1S/C8H17O/c1-5-6-7-9-8(2,3)4/h6H,5,7H2,1-4H3. The molecule has 9 heavy (non-hydrogen) atoms. The maximum atomic E-state index is 5.41. The van der Waals surface area contributed by atoms with E-state index in [1.165, 1.54) is 0 Å². The zero-order valence-electron chi connectivity index (χ0n) is 6.90. The summed E-state index contributed by atoms with van der Waals surface area (Å²) in [5.74, 6) is 0. The first kappa shape index (κ1) is 8.96. The Kier molecular flexibility index (Phi) is 3.87. The average molecular weight is 129 g/mol. The van der Waals surface area contributed by atoms with Crippen molar-refractivity contribution in [1.29, 1.82) is 0 Å². The van der Waals surface area contributed by atoms with E-state index in [9.17, 15) is 0 Å². The summed E-state index contributed by atoms with van der Waals surface area (Å²) in [6.07, 6.45) is 3.22. The first-order valence-corrected chi connectivity index (χ1v) is 3.52. The van der Waals surface area contributed by atoms with Gasteiger partial charge in [0.1, 0.15) is 0 Å². The fourth-order valence-electron chi connectivity index (χ4n) is 0.427. The summed E-state index contributed by atoms with van der Waals surface area (Å²) in [6, 6.07) is 0. The second-order valence-corrected chi connectivity index (χ2v) is 3.12. The molecule has 0 rings (SSSR count). The summed E-state index contributed by atoms with van der Waals surface area (Å²) >= 11 is 0. The van der Waals surface area contributed by atoms with Crippen LogP contribution in [0.5, 0.6) is 0 Å². The van der Waals surface area contributed by atoms with Crippen molar-refractivity contribution in [2.24, 2.45) is 0 Å². The minimum absolute atomic E-state index is 0.0195. The Morgan fingerprint density at radius 3 is 2.22 bits per heavy atom. The van der Waals surface area contributed by atoms with Gasteiger partial charge in [-0.15, -0.1) is 0 Å². The molecule has 0 fully saturated rings. The van der Waals surface area contributed by atoms with Gasteiger partial charge >= 0.3 is 0 Å². The molecular weight excluding hydrogens is 112 g/mol. The van der Waals surface area contributed by atoms with Gasteiger partial charge < -0.3 is 4.74 Å². The molecule has 1 radical (unpaired) electrons. The monoisotopic (exact) mass is 129 g/mol. The van der Waals surface area contributed by atoms with Gasteiger partial charge in [0, 0.05) is 0 Å². The van der Waals surface area contributed by atoms with Crippen LogP contribution in [0.15, 0.2) is 0 Å². The van der Waals surface area contributed by atoms with Crippen LogP contribution >= 0.6 is 0 Å². The summed E-state index contributed by atoms with van der Waals surface area (Å²) in [5.41, 5.74) is 0.0195. The maximum absolute atomic E-state index is 5.41. The van der Waals surface area contributed by atoms with Crippen molar-refractivity contribution in [3.8, 4) is 0 Å². The molecule has 0 bridgehead atoms. The molecule has 0 unspecified atom stereocenters. The molecule has 55 valence electrons. The van der Waals surface area contributed by atoms with E-state index in [1.807, 2.05) is 0 Å². The Labute approximate surface area is 58.4 Å². The first-order valence-electron chi connectivity index (χ1n) is 3.52. The van der Waals surface area contributed by atoms with E-state index in [2.05, 4.69) is 34.1 Å². The Morgan fingerprint density at radius 2 is 1.89 bits per heavy atom. The van der Waals surface area contributed by atoms with Crippen molar-refractivity contribution in [3.05, 3.63) is 6.42 Å². The van der Waals surface area contributed by atoms with Crippen molar-refractivity contribution in [1.82, 2.24) is 0 Å². The average Bonchev–Trinajstić information content (AvgIpc) is 1.63. The molecule has 0 amide bonds. The van der Waals surface area contributed by atoms with Gasteiger partial charge in [0.25, 0.3) is 0 Å². The van der Waals surface area contributed by atoms with Crippen LogP contribution in [-0.2, 0) is 4.74 Å². The van der Waals surface area contributed by atoms with Gasteiger partial charge in [-0.05, 0) is 27.2 Å². The van der Waals surface area contributed by atoms with Crippen molar-refractivity contribution < 1.29 is 4.74 Å². The summed E-state index contributed by atoms with van der Waals surface area (Å²) < 4.78 is 5.41. The fraction of sp³-hybridized carbons (Fsp3) is 0.875. The Morgan fingerprint density at radius 1 is 1.33 bits per heavy atom. The van der Waals surface area contributed by atoms with Crippen LogP contribution in [0.4, 0.5) is 0 Å². The van der Waals surface area contributed by atoms with Gasteiger partial charge in [0.2, 0.25) is 0 Å². The highest BCUT2D eigenvalue weighted by Gasteiger charge is 2.07. The highest BCUT2D eigenvalue weighted by molar-refractivity contribution is 4.65. The summed E-state index contributed by atoms with van der Waals surface area (Å²) in [7, 11) is 0. The number of hydrogen-bond donors (Lipinski definition) is 0. The van der Waals surface area contributed by atoms with E-state index in [0.717, 1.165) is 13.0 Å². The van der Waals surface area contributed by atoms with Gasteiger partial charge in [0.05, 0.1) is 12.2 Å². The Balaban J connectivity index is 3.07. The number of rotatable bonds is 3. The third kappa shape index (κ3) is 7.96. The molecule has 0 heterocycles. The van der Waals surface area contributed by atoms with Crippen LogP contribution in [0.3, 0.4) is 0 Å². The number of unbranched alkanes of at least 4 members (excludes halogenated alkanes) is 1. The van der Waals surface area contributed by atoms with Gasteiger partial charge in [-0.2, -0.15) is 0 Å². The second-order valence-electron chi connectivity index (χ2n) is 3.12. The van der Waals surface area contributed by atoms with Gasteiger partial charge in [-0.1, -0.05) is 13.3 Å². The minimum atomic E-state index is 0.0195. The molecule has 0 spiro atoms.